The highest BCUT2D eigenvalue weighted by molar-refractivity contribution is 5.92. The van der Waals surface area contributed by atoms with Crippen LogP contribution in [0.15, 0.2) is 29.3 Å². The van der Waals surface area contributed by atoms with Crippen molar-refractivity contribution >= 4 is 5.91 Å². The zero-order valence-corrected chi connectivity index (χ0v) is 13.2. The van der Waals surface area contributed by atoms with Crippen molar-refractivity contribution < 1.29 is 4.79 Å². The van der Waals surface area contributed by atoms with Gasteiger partial charge in [0.15, 0.2) is 0 Å². The van der Waals surface area contributed by atoms with E-state index in [2.05, 4.69) is 15.1 Å². The van der Waals surface area contributed by atoms with E-state index in [1.54, 1.807) is 12.4 Å². The van der Waals surface area contributed by atoms with Crippen molar-refractivity contribution in [3.63, 3.8) is 0 Å². The monoisotopic (exact) mass is 315 g/mol. The number of rotatable bonds is 4. The molecule has 2 aromatic heterocycles. The van der Waals surface area contributed by atoms with Crippen molar-refractivity contribution in [3.05, 3.63) is 46.4 Å². The molecule has 1 aliphatic heterocycles. The Labute approximate surface area is 134 Å². The fraction of sp³-hybridized carbons (Fsp3) is 0.500. The normalized spacial score (nSPS) is 18.1. The molecule has 1 saturated heterocycles. The predicted octanol–water partition coefficient (Wildman–Crippen LogP) is 1.74. The van der Waals surface area contributed by atoms with E-state index in [1.807, 2.05) is 11.8 Å². The smallest absolute Gasteiger partial charge is 0.274 e. The van der Waals surface area contributed by atoms with Gasteiger partial charge in [-0.2, -0.15) is 5.10 Å². The first kappa shape index (κ1) is 15.5. The van der Waals surface area contributed by atoms with Gasteiger partial charge in [-0.3, -0.25) is 9.59 Å². The maximum Gasteiger partial charge on any atom is 0.274 e. The van der Waals surface area contributed by atoms with Gasteiger partial charge in [-0.15, -0.1) is 0 Å². The van der Waals surface area contributed by atoms with Crippen LogP contribution in [0.5, 0.6) is 0 Å². The maximum atomic E-state index is 12.9. The number of nitrogens with zero attached hydrogens (tertiary/aromatic N) is 4. The number of aromatic amines is 1. The molecule has 23 heavy (non-hydrogen) atoms. The highest BCUT2D eigenvalue weighted by atomic mass is 16.2. The minimum absolute atomic E-state index is 0.0559. The number of aryl methyl sites for hydroxylation is 1. The van der Waals surface area contributed by atoms with Crippen LogP contribution in [0.4, 0.5) is 0 Å². The summed E-state index contributed by atoms with van der Waals surface area (Å²) in [6.45, 7) is 3.17. The minimum Gasteiger partial charge on any atom is -0.347 e. The molecule has 0 saturated carbocycles. The molecule has 2 aromatic rings. The molecule has 1 unspecified atom stereocenters. The molecule has 1 amide bonds. The molecule has 0 aromatic carbocycles. The van der Waals surface area contributed by atoms with Crippen molar-refractivity contribution in [2.45, 2.75) is 45.2 Å². The predicted molar refractivity (Wildman–Crippen MR) is 85.0 cm³/mol. The van der Waals surface area contributed by atoms with Crippen molar-refractivity contribution in [3.8, 4) is 0 Å². The molecule has 1 aliphatic rings. The number of aromatic nitrogens is 4. The van der Waals surface area contributed by atoms with Gasteiger partial charge in [0.25, 0.3) is 11.5 Å². The Morgan fingerprint density at radius 1 is 1.39 bits per heavy atom. The van der Waals surface area contributed by atoms with E-state index in [4.69, 9.17) is 0 Å². The Kier molecular flexibility index (Phi) is 4.55. The minimum atomic E-state index is -0.176. The first-order valence-corrected chi connectivity index (χ1v) is 8.09. The van der Waals surface area contributed by atoms with Gasteiger partial charge in [-0.1, -0.05) is 6.92 Å². The first-order chi connectivity index (χ1) is 11.2. The Balaban J connectivity index is 1.88. The van der Waals surface area contributed by atoms with E-state index in [1.165, 1.54) is 16.8 Å². The molecule has 0 bridgehead atoms. The number of imidazole rings is 1. The molecule has 0 aliphatic carbocycles. The zero-order chi connectivity index (χ0) is 16.2. The second kappa shape index (κ2) is 6.76. The summed E-state index contributed by atoms with van der Waals surface area (Å²) in [4.78, 5) is 33.9. The molecule has 3 rings (SSSR count). The van der Waals surface area contributed by atoms with Crippen LogP contribution in [0, 0.1) is 0 Å². The van der Waals surface area contributed by atoms with Gasteiger partial charge in [0.2, 0.25) is 0 Å². The summed E-state index contributed by atoms with van der Waals surface area (Å²) in [6.07, 6.45) is 7.19. The lowest BCUT2D eigenvalue weighted by Gasteiger charge is -2.34. The third-order valence-electron chi connectivity index (χ3n) is 4.12. The summed E-state index contributed by atoms with van der Waals surface area (Å²) in [5.74, 6) is 0.663. The van der Waals surface area contributed by atoms with Gasteiger partial charge in [-0.05, 0) is 31.7 Å². The molecule has 1 N–H and O–H groups in total. The molecular weight excluding hydrogens is 294 g/mol. The second-order valence-electron chi connectivity index (χ2n) is 5.76. The average molecular weight is 315 g/mol. The standard InChI is InChI=1S/C16H21N5O2/c1-2-10-21-14(22)7-6-12(19-21)16(23)20-11-4-3-5-13(20)15-17-8-9-18-15/h6-9,13H,2-5,10-11H2,1H3,(H,17,18). The number of hydrogen-bond donors (Lipinski definition) is 1. The van der Waals surface area contributed by atoms with Crippen LogP contribution < -0.4 is 5.56 Å². The topological polar surface area (TPSA) is 83.9 Å². The maximum absolute atomic E-state index is 12.9. The van der Waals surface area contributed by atoms with Crippen LogP contribution in [-0.4, -0.2) is 37.1 Å². The summed E-state index contributed by atoms with van der Waals surface area (Å²) in [5, 5.41) is 4.24. The number of hydrogen-bond acceptors (Lipinski definition) is 4. The summed E-state index contributed by atoms with van der Waals surface area (Å²) >= 11 is 0. The molecule has 3 heterocycles. The van der Waals surface area contributed by atoms with Crippen LogP contribution in [0.25, 0.3) is 0 Å². The molecule has 7 heteroatoms. The van der Waals surface area contributed by atoms with Crippen molar-refractivity contribution in [2.24, 2.45) is 0 Å². The van der Waals surface area contributed by atoms with Gasteiger partial charge in [0.05, 0.1) is 6.04 Å². The Bertz CT molecular complexity index is 722. The van der Waals surface area contributed by atoms with Crippen LogP contribution in [0.2, 0.25) is 0 Å². The molecule has 7 nitrogen and oxygen atoms in total. The van der Waals surface area contributed by atoms with E-state index in [0.717, 1.165) is 31.5 Å². The number of carbonyl (C=O) groups is 1. The summed E-state index contributed by atoms with van der Waals surface area (Å²) in [7, 11) is 0. The van der Waals surface area contributed by atoms with E-state index in [0.29, 0.717) is 18.8 Å². The van der Waals surface area contributed by atoms with Crippen molar-refractivity contribution in [1.29, 1.82) is 0 Å². The van der Waals surface area contributed by atoms with E-state index in [9.17, 15) is 9.59 Å². The van der Waals surface area contributed by atoms with E-state index in [-0.39, 0.29) is 17.5 Å². The first-order valence-electron chi connectivity index (χ1n) is 8.09. The highest BCUT2D eigenvalue weighted by Gasteiger charge is 2.31. The van der Waals surface area contributed by atoms with Crippen LogP contribution >= 0.6 is 0 Å². The van der Waals surface area contributed by atoms with Gasteiger partial charge >= 0.3 is 0 Å². The zero-order valence-electron chi connectivity index (χ0n) is 13.2. The fourth-order valence-electron chi connectivity index (χ4n) is 3.00. The molecule has 1 fully saturated rings. The third kappa shape index (κ3) is 3.18. The SMILES string of the molecule is CCCn1nc(C(=O)N2CCCCC2c2ncc[nH]2)ccc1=O. The number of carbonyl (C=O) groups excluding carboxylic acids is 1. The van der Waals surface area contributed by atoms with Gasteiger partial charge < -0.3 is 9.88 Å². The summed E-state index contributed by atoms with van der Waals surface area (Å²) in [5.41, 5.74) is 0.140. The van der Waals surface area contributed by atoms with Gasteiger partial charge in [0.1, 0.15) is 11.5 Å². The van der Waals surface area contributed by atoms with Gasteiger partial charge in [0, 0.05) is 31.5 Å². The Hall–Kier alpha value is -2.44. The Morgan fingerprint density at radius 3 is 3.00 bits per heavy atom. The lowest BCUT2D eigenvalue weighted by atomic mass is 10.0. The van der Waals surface area contributed by atoms with Crippen LogP contribution in [0.1, 0.15) is 55.0 Å². The van der Waals surface area contributed by atoms with Gasteiger partial charge in [-0.25, -0.2) is 9.67 Å². The largest absolute Gasteiger partial charge is 0.347 e. The Morgan fingerprint density at radius 2 is 2.26 bits per heavy atom. The average Bonchev–Trinajstić information content (AvgIpc) is 3.11. The number of amides is 1. The molecule has 122 valence electrons. The molecule has 0 radical (unpaired) electrons. The number of H-pyrrole nitrogens is 1. The summed E-state index contributed by atoms with van der Waals surface area (Å²) < 4.78 is 1.36. The van der Waals surface area contributed by atoms with Crippen LogP contribution in [0.3, 0.4) is 0 Å². The lowest BCUT2D eigenvalue weighted by molar-refractivity contribution is 0.0592. The molecule has 1 atom stereocenters. The lowest BCUT2D eigenvalue weighted by Crippen LogP contribution is -2.40. The fourth-order valence-corrected chi connectivity index (χ4v) is 3.00. The number of nitrogens with one attached hydrogen (secondary N) is 1. The summed E-state index contributed by atoms with van der Waals surface area (Å²) in [6, 6.07) is 2.88. The second-order valence-corrected chi connectivity index (χ2v) is 5.76. The quantitative estimate of drug-likeness (QED) is 0.931. The van der Waals surface area contributed by atoms with Crippen LogP contribution in [-0.2, 0) is 6.54 Å². The highest BCUT2D eigenvalue weighted by Crippen LogP contribution is 2.29. The number of likely N-dealkylation sites (tertiary alicyclic amines) is 1. The van der Waals surface area contributed by atoms with Crippen molar-refractivity contribution in [1.82, 2.24) is 24.6 Å². The van der Waals surface area contributed by atoms with Crippen molar-refractivity contribution in [2.75, 3.05) is 6.54 Å². The molecular formula is C16H21N5O2. The molecule has 0 spiro atoms. The van der Waals surface area contributed by atoms with E-state index < -0.39 is 0 Å². The van der Waals surface area contributed by atoms with E-state index >= 15 is 0 Å². The third-order valence-corrected chi connectivity index (χ3v) is 4.12. The number of piperidine rings is 1.